The number of carbonyl (C=O) groups excluding carboxylic acids is 1. The Kier molecular flexibility index (Phi) is 4.95. The Morgan fingerprint density at radius 1 is 1.33 bits per heavy atom. The van der Waals surface area contributed by atoms with Crippen molar-refractivity contribution in [1.82, 2.24) is 4.40 Å². The second-order valence-corrected chi connectivity index (χ2v) is 3.83. The molecule has 2 heterocycles. The van der Waals surface area contributed by atoms with Crippen molar-refractivity contribution in [2.75, 3.05) is 6.61 Å². The van der Waals surface area contributed by atoms with Crippen LogP contribution in [0.3, 0.4) is 0 Å². The van der Waals surface area contributed by atoms with Gasteiger partial charge in [0.25, 0.3) is 0 Å². The predicted molar refractivity (Wildman–Crippen MR) is 74.2 cm³/mol. The molecule has 2 rings (SSSR count). The summed E-state index contributed by atoms with van der Waals surface area (Å²) < 4.78 is 7.07. The fraction of sp³-hybridized carbons (Fsp3) is 0.400. The Bertz CT molecular complexity index is 541. The molecule has 0 N–H and O–H groups in total. The highest BCUT2D eigenvalue weighted by molar-refractivity contribution is 5.98. The number of rotatable bonds is 2. The number of hydrogen-bond acceptors (Lipinski definition) is 2. The second kappa shape index (κ2) is 6.24. The maximum Gasteiger partial charge on any atom is 0.340 e. The first-order valence-corrected chi connectivity index (χ1v) is 6.39. The molecule has 0 aliphatic rings. The summed E-state index contributed by atoms with van der Waals surface area (Å²) in [6, 6.07) is 5.85. The summed E-state index contributed by atoms with van der Waals surface area (Å²) in [5, 5.41) is 0. The molecule has 98 valence electrons. The summed E-state index contributed by atoms with van der Waals surface area (Å²) in [5.41, 5.74) is 3.72. The smallest absolute Gasteiger partial charge is 0.340 e. The van der Waals surface area contributed by atoms with Crippen molar-refractivity contribution < 1.29 is 9.53 Å². The van der Waals surface area contributed by atoms with Crippen molar-refractivity contribution in [1.29, 1.82) is 0 Å². The van der Waals surface area contributed by atoms with Gasteiger partial charge < -0.3 is 9.14 Å². The Hall–Kier alpha value is -1.77. The molecular formula is C15H21NO2. The lowest BCUT2D eigenvalue weighted by Crippen LogP contribution is -2.04. The van der Waals surface area contributed by atoms with Crippen LogP contribution in [0.15, 0.2) is 24.4 Å². The Morgan fingerprint density at radius 3 is 2.61 bits per heavy atom. The number of pyridine rings is 1. The fourth-order valence-electron chi connectivity index (χ4n) is 1.96. The fourth-order valence-corrected chi connectivity index (χ4v) is 1.96. The summed E-state index contributed by atoms with van der Waals surface area (Å²) >= 11 is 0. The van der Waals surface area contributed by atoms with Crippen LogP contribution < -0.4 is 0 Å². The van der Waals surface area contributed by atoms with Gasteiger partial charge in [0.2, 0.25) is 0 Å². The molecule has 0 aliphatic carbocycles. The first-order valence-electron chi connectivity index (χ1n) is 6.39. The van der Waals surface area contributed by atoms with Crippen LogP contribution in [0.5, 0.6) is 0 Å². The van der Waals surface area contributed by atoms with Crippen LogP contribution in [-0.2, 0) is 4.74 Å². The van der Waals surface area contributed by atoms with Crippen LogP contribution in [0.4, 0.5) is 0 Å². The molecule has 3 nitrogen and oxygen atoms in total. The third kappa shape index (κ3) is 2.55. The minimum atomic E-state index is -0.248. The monoisotopic (exact) mass is 247 g/mol. The first-order chi connectivity index (χ1) is 8.65. The number of carbonyl (C=O) groups is 1. The van der Waals surface area contributed by atoms with E-state index in [1.165, 1.54) is 0 Å². The van der Waals surface area contributed by atoms with E-state index in [1.54, 1.807) is 0 Å². The van der Waals surface area contributed by atoms with Gasteiger partial charge in [-0.15, -0.1) is 0 Å². The standard InChI is InChI=1S/C13H15NO2.C2H6/c1-4-16-13(15)11-8-10(3)14-7-5-6-9(2)12(11)14;1-2/h5-8H,4H2,1-3H3;1-2H3. The van der Waals surface area contributed by atoms with Crippen LogP contribution in [0.2, 0.25) is 0 Å². The molecular weight excluding hydrogens is 226 g/mol. The number of aromatic nitrogens is 1. The van der Waals surface area contributed by atoms with Gasteiger partial charge in [-0.3, -0.25) is 0 Å². The lowest BCUT2D eigenvalue weighted by Gasteiger charge is -2.03. The third-order valence-corrected chi connectivity index (χ3v) is 2.68. The maximum atomic E-state index is 11.8. The van der Waals surface area contributed by atoms with E-state index in [4.69, 9.17) is 4.74 Å². The number of aryl methyl sites for hydroxylation is 2. The van der Waals surface area contributed by atoms with Gasteiger partial charge in [-0.05, 0) is 38.5 Å². The zero-order valence-electron chi connectivity index (χ0n) is 11.8. The molecule has 2 aromatic heterocycles. The lowest BCUT2D eigenvalue weighted by molar-refractivity contribution is 0.0528. The van der Waals surface area contributed by atoms with E-state index in [-0.39, 0.29) is 5.97 Å². The van der Waals surface area contributed by atoms with E-state index < -0.39 is 0 Å². The zero-order valence-corrected chi connectivity index (χ0v) is 11.8. The van der Waals surface area contributed by atoms with Crippen LogP contribution in [0.1, 0.15) is 42.4 Å². The van der Waals surface area contributed by atoms with Gasteiger partial charge in [0.1, 0.15) is 0 Å². The van der Waals surface area contributed by atoms with E-state index in [9.17, 15) is 4.79 Å². The molecule has 0 atom stereocenters. The minimum absolute atomic E-state index is 0.248. The van der Waals surface area contributed by atoms with Gasteiger partial charge in [0.15, 0.2) is 0 Å². The average Bonchev–Trinajstić information content (AvgIpc) is 2.72. The lowest BCUT2D eigenvalue weighted by atomic mass is 10.2. The molecule has 0 saturated carbocycles. The van der Waals surface area contributed by atoms with Crippen molar-refractivity contribution in [2.45, 2.75) is 34.6 Å². The summed E-state index contributed by atoms with van der Waals surface area (Å²) in [4.78, 5) is 11.8. The highest BCUT2D eigenvalue weighted by Crippen LogP contribution is 2.20. The van der Waals surface area contributed by atoms with Gasteiger partial charge in [-0.25, -0.2) is 4.79 Å². The molecule has 2 aromatic rings. The third-order valence-electron chi connectivity index (χ3n) is 2.68. The largest absolute Gasteiger partial charge is 0.462 e. The number of ether oxygens (including phenoxy) is 1. The maximum absolute atomic E-state index is 11.8. The van der Waals surface area contributed by atoms with E-state index in [0.717, 1.165) is 16.8 Å². The Balaban J connectivity index is 0.000000771. The van der Waals surface area contributed by atoms with E-state index in [0.29, 0.717) is 12.2 Å². The Labute approximate surface area is 108 Å². The zero-order chi connectivity index (χ0) is 13.7. The molecule has 0 unspecified atom stereocenters. The van der Waals surface area contributed by atoms with Crippen molar-refractivity contribution in [3.63, 3.8) is 0 Å². The molecule has 0 aliphatic heterocycles. The molecule has 3 heteroatoms. The van der Waals surface area contributed by atoms with Gasteiger partial charge >= 0.3 is 5.97 Å². The van der Waals surface area contributed by atoms with Crippen molar-refractivity contribution in [3.05, 3.63) is 41.2 Å². The SMILES string of the molecule is CC.CCOC(=O)c1cc(C)n2cccc(C)c12. The van der Waals surface area contributed by atoms with Gasteiger partial charge in [0.05, 0.1) is 17.7 Å². The topological polar surface area (TPSA) is 30.7 Å². The quantitative estimate of drug-likeness (QED) is 0.756. The molecule has 18 heavy (non-hydrogen) atoms. The summed E-state index contributed by atoms with van der Waals surface area (Å²) in [6.45, 7) is 10.2. The van der Waals surface area contributed by atoms with E-state index in [2.05, 4.69) is 0 Å². The van der Waals surface area contributed by atoms with Crippen LogP contribution in [-0.4, -0.2) is 17.0 Å². The normalized spacial score (nSPS) is 9.83. The molecule has 0 aromatic carbocycles. The number of hydrogen-bond donors (Lipinski definition) is 0. The molecule has 0 bridgehead atoms. The number of nitrogens with zero attached hydrogens (tertiary/aromatic N) is 1. The molecule has 0 amide bonds. The Morgan fingerprint density at radius 2 is 2.00 bits per heavy atom. The van der Waals surface area contributed by atoms with Gasteiger partial charge in [0, 0.05) is 11.9 Å². The minimum Gasteiger partial charge on any atom is -0.462 e. The first kappa shape index (κ1) is 14.3. The van der Waals surface area contributed by atoms with Crippen LogP contribution >= 0.6 is 0 Å². The molecule has 0 spiro atoms. The average molecular weight is 247 g/mol. The predicted octanol–water partition coefficient (Wildman–Crippen LogP) is 3.76. The highest BCUT2D eigenvalue weighted by Gasteiger charge is 2.15. The van der Waals surface area contributed by atoms with Crippen LogP contribution in [0, 0.1) is 13.8 Å². The van der Waals surface area contributed by atoms with E-state index in [1.807, 2.05) is 63.4 Å². The van der Waals surface area contributed by atoms with Crippen LogP contribution in [0.25, 0.3) is 5.52 Å². The summed E-state index contributed by atoms with van der Waals surface area (Å²) in [7, 11) is 0. The van der Waals surface area contributed by atoms with Gasteiger partial charge in [-0.2, -0.15) is 0 Å². The second-order valence-electron chi connectivity index (χ2n) is 3.83. The van der Waals surface area contributed by atoms with Crippen molar-refractivity contribution in [3.8, 4) is 0 Å². The van der Waals surface area contributed by atoms with Gasteiger partial charge in [-0.1, -0.05) is 19.9 Å². The molecule has 0 fully saturated rings. The highest BCUT2D eigenvalue weighted by atomic mass is 16.5. The number of esters is 1. The van der Waals surface area contributed by atoms with Crippen molar-refractivity contribution in [2.24, 2.45) is 0 Å². The summed E-state index contributed by atoms with van der Waals surface area (Å²) in [6.07, 6.45) is 1.96. The molecule has 0 saturated heterocycles. The van der Waals surface area contributed by atoms with Crippen molar-refractivity contribution >= 4 is 11.5 Å². The molecule has 0 radical (unpaired) electrons. The number of fused-ring (bicyclic) bond motifs is 1. The summed E-state index contributed by atoms with van der Waals surface area (Å²) in [5.74, 6) is -0.248. The van der Waals surface area contributed by atoms with E-state index >= 15 is 0 Å².